The first kappa shape index (κ1) is 11.7. The van der Waals surface area contributed by atoms with Gasteiger partial charge in [-0.1, -0.05) is 0 Å². The molecule has 2 rings (SSSR count). The van der Waals surface area contributed by atoms with E-state index in [9.17, 15) is 4.79 Å². The Morgan fingerprint density at radius 2 is 2.35 bits per heavy atom. The monoisotopic (exact) mass is 236 g/mol. The molecule has 1 aliphatic carbocycles. The van der Waals surface area contributed by atoms with Gasteiger partial charge in [-0.2, -0.15) is 0 Å². The average Bonchev–Trinajstić information content (AvgIpc) is 2.25. The van der Waals surface area contributed by atoms with Crippen molar-refractivity contribution in [3.8, 4) is 5.88 Å². The van der Waals surface area contributed by atoms with Crippen LogP contribution in [0, 0.1) is 0 Å². The quantitative estimate of drug-likeness (QED) is 0.806. The van der Waals surface area contributed by atoms with Gasteiger partial charge in [0.15, 0.2) is 0 Å². The Balaban J connectivity index is 2.19. The summed E-state index contributed by atoms with van der Waals surface area (Å²) in [5.74, 6) is -0.121. The van der Waals surface area contributed by atoms with Gasteiger partial charge < -0.3 is 15.2 Å². The second-order valence-electron chi connectivity index (χ2n) is 4.01. The standard InChI is InChI=1S/C12H16N2O3/c1-2-16-12(15)10-6-8(13)7-14-11(10)17-9-4-3-5-9/h6-7,9H,2-5,13H2,1H3. The number of nitrogen functional groups attached to an aromatic ring is 1. The van der Waals surface area contributed by atoms with Gasteiger partial charge >= 0.3 is 5.97 Å². The van der Waals surface area contributed by atoms with Crippen LogP contribution in [0.3, 0.4) is 0 Å². The number of pyridine rings is 1. The van der Waals surface area contributed by atoms with Crippen LogP contribution in [0.4, 0.5) is 5.69 Å². The zero-order valence-corrected chi connectivity index (χ0v) is 9.81. The summed E-state index contributed by atoms with van der Waals surface area (Å²) < 4.78 is 10.6. The molecular weight excluding hydrogens is 220 g/mol. The summed E-state index contributed by atoms with van der Waals surface area (Å²) >= 11 is 0. The number of nitrogens with zero attached hydrogens (tertiary/aromatic N) is 1. The van der Waals surface area contributed by atoms with Gasteiger partial charge in [-0.25, -0.2) is 9.78 Å². The van der Waals surface area contributed by atoms with Crippen molar-refractivity contribution in [1.82, 2.24) is 4.98 Å². The summed E-state index contributed by atoms with van der Waals surface area (Å²) in [6.07, 6.45) is 4.83. The number of aromatic nitrogens is 1. The first-order valence-corrected chi connectivity index (χ1v) is 5.80. The highest BCUT2D eigenvalue weighted by Crippen LogP contribution is 2.27. The van der Waals surface area contributed by atoms with Crippen molar-refractivity contribution >= 4 is 11.7 Å². The topological polar surface area (TPSA) is 74.4 Å². The van der Waals surface area contributed by atoms with Gasteiger partial charge in [0.05, 0.1) is 18.5 Å². The van der Waals surface area contributed by atoms with E-state index >= 15 is 0 Å². The highest BCUT2D eigenvalue weighted by atomic mass is 16.5. The third-order valence-corrected chi connectivity index (χ3v) is 2.70. The van der Waals surface area contributed by atoms with Crippen LogP contribution in [0.25, 0.3) is 0 Å². The summed E-state index contributed by atoms with van der Waals surface area (Å²) in [7, 11) is 0. The molecule has 0 radical (unpaired) electrons. The number of hydrogen-bond acceptors (Lipinski definition) is 5. The number of nitrogens with two attached hydrogens (primary N) is 1. The summed E-state index contributed by atoms with van der Waals surface area (Å²) in [5, 5.41) is 0. The zero-order valence-electron chi connectivity index (χ0n) is 9.81. The number of rotatable bonds is 4. The van der Waals surface area contributed by atoms with Crippen LogP contribution < -0.4 is 10.5 Å². The molecule has 1 heterocycles. The highest BCUT2D eigenvalue weighted by Gasteiger charge is 2.23. The molecule has 2 N–H and O–H groups in total. The molecule has 0 amide bonds. The number of ether oxygens (including phenoxy) is 2. The molecule has 1 aromatic rings. The van der Waals surface area contributed by atoms with Crippen molar-refractivity contribution in [2.24, 2.45) is 0 Å². The predicted octanol–water partition coefficient (Wildman–Crippen LogP) is 1.77. The molecule has 1 aliphatic rings. The van der Waals surface area contributed by atoms with Crippen molar-refractivity contribution in [3.63, 3.8) is 0 Å². The van der Waals surface area contributed by atoms with E-state index < -0.39 is 5.97 Å². The molecule has 0 aromatic carbocycles. The van der Waals surface area contributed by atoms with E-state index in [2.05, 4.69) is 4.98 Å². The molecule has 92 valence electrons. The second-order valence-corrected chi connectivity index (χ2v) is 4.01. The maximum Gasteiger partial charge on any atom is 0.343 e. The minimum Gasteiger partial charge on any atom is -0.474 e. The van der Waals surface area contributed by atoms with E-state index in [0.29, 0.717) is 23.7 Å². The van der Waals surface area contributed by atoms with Gasteiger partial charge in [-0.05, 0) is 32.3 Å². The lowest BCUT2D eigenvalue weighted by atomic mass is 9.96. The molecule has 0 bridgehead atoms. The number of esters is 1. The van der Waals surface area contributed by atoms with Gasteiger partial charge in [0.1, 0.15) is 11.7 Å². The zero-order chi connectivity index (χ0) is 12.3. The number of carbonyl (C=O) groups is 1. The van der Waals surface area contributed by atoms with Crippen molar-refractivity contribution in [3.05, 3.63) is 17.8 Å². The van der Waals surface area contributed by atoms with E-state index in [-0.39, 0.29) is 6.10 Å². The van der Waals surface area contributed by atoms with E-state index in [1.54, 1.807) is 13.0 Å². The van der Waals surface area contributed by atoms with Crippen LogP contribution in [0.1, 0.15) is 36.5 Å². The van der Waals surface area contributed by atoms with Crippen molar-refractivity contribution in [2.45, 2.75) is 32.3 Å². The minimum absolute atomic E-state index is 0.166. The second kappa shape index (κ2) is 5.03. The SMILES string of the molecule is CCOC(=O)c1cc(N)cnc1OC1CCC1. The molecular formula is C12H16N2O3. The molecule has 0 aliphatic heterocycles. The van der Waals surface area contributed by atoms with Crippen LogP contribution >= 0.6 is 0 Å². The van der Waals surface area contributed by atoms with Crippen LogP contribution in [0.2, 0.25) is 0 Å². The molecule has 1 aromatic heterocycles. The van der Waals surface area contributed by atoms with Gasteiger partial charge in [0.25, 0.3) is 0 Å². The van der Waals surface area contributed by atoms with Gasteiger partial charge in [-0.3, -0.25) is 0 Å². The minimum atomic E-state index is -0.443. The summed E-state index contributed by atoms with van der Waals surface area (Å²) in [6.45, 7) is 2.07. The molecule has 5 heteroatoms. The smallest absolute Gasteiger partial charge is 0.343 e. The van der Waals surface area contributed by atoms with E-state index in [1.807, 2.05) is 0 Å². The van der Waals surface area contributed by atoms with E-state index in [0.717, 1.165) is 19.3 Å². The average molecular weight is 236 g/mol. The number of anilines is 1. The first-order valence-electron chi connectivity index (χ1n) is 5.80. The van der Waals surface area contributed by atoms with Gasteiger partial charge in [-0.15, -0.1) is 0 Å². The Kier molecular flexibility index (Phi) is 3.46. The number of hydrogen-bond donors (Lipinski definition) is 1. The highest BCUT2D eigenvalue weighted by molar-refractivity contribution is 5.92. The molecule has 1 fully saturated rings. The summed E-state index contributed by atoms with van der Waals surface area (Å²) in [6, 6.07) is 1.54. The maximum atomic E-state index is 11.7. The lowest BCUT2D eigenvalue weighted by Gasteiger charge is -2.26. The fourth-order valence-corrected chi connectivity index (χ4v) is 1.56. The van der Waals surface area contributed by atoms with E-state index in [4.69, 9.17) is 15.2 Å². The van der Waals surface area contributed by atoms with Crippen LogP contribution in [0.5, 0.6) is 5.88 Å². The summed E-state index contributed by atoms with van der Waals surface area (Å²) in [4.78, 5) is 15.8. The molecule has 0 saturated heterocycles. The van der Waals surface area contributed by atoms with Crippen molar-refractivity contribution < 1.29 is 14.3 Å². The molecule has 0 spiro atoms. The van der Waals surface area contributed by atoms with Crippen molar-refractivity contribution in [2.75, 3.05) is 12.3 Å². The Morgan fingerprint density at radius 1 is 1.59 bits per heavy atom. The third-order valence-electron chi connectivity index (χ3n) is 2.70. The summed E-state index contributed by atoms with van der Waals surface area (Å²) in [5.41, 5.74) is 6.34. The predicted molar refractivity (Wildman–Crippen MR) is 62.9 cm³/mol. The van der Waals surface area contributed by atoms with E-state index in [1.165, 1.54) is 6.20 Å². The van der Waals surface area contributed by atoms with Gasteiger partial charge in [0, 0.05) is 0 Å². The lowest BCUT2D eigenvalue weighted by Crippen LogP contribution is -2.26. The molecule has 0 unspecified atom stereocenters. The Bertz CT molecular complexity index is 416. The normalized spacial score (nSPS) is 15.1. The fourth-order valence-electron chi connectivity index (χ4n) is 1.56. The van der Waals surface area contributed by atoms with Crippen LogP contribution in [-0.2, 0) is 4.74 Å². The maximum absolute atomic E-state index is 11.7. The third kappa shape index (κ3) is 2.67. The molecule has 0 atom stereocenters. The van der Waals surface area contributed by atoms with Crippen molar-refractivity contribution in [1.29, 1.82) is 0 Å². The van der Waals surface area contributed by atoms with Crippen LogP contribution in [-0.4, -0.2) is 23.7 Å². The molecule has 1 saturated carbocycles. The fraction of sp³-hybridized carbons (Fsp3) is 0.500. The number of carbonyl (C=O) groups excluding carboxylic acids is 1. The Hall–Kier alpha value is -1.78. The Morgan fingerprint density at radius 3 is 2.94 bits per heavy atom. The first-order chi connectivity index (χ1) is 8.20. The Labute approximate surface area is 99.9 Å². The van der Waals surface area contributed by atoms with Crippen LogP contribution in [0.15, 0.2) is 12.3 Å². The largest absolute Gasteiger partial charge is 0.474 e. The molecule has 17 heavy (non-hydrogen) atoms. The molecule has 5 nitrogen and oxygen atoms in total. The van der Waals surface area contributed by atoms with Gasteiger partial charge in [0.2, 0.25) is 5.88 Å². The lowest BCUT2D eigenvalue weighted by molar-refractivity contribution is 0.0509.